The highest BCUT2D eigenvalue weighted by Crippen LogP contribution is 2.27. The van der Waals surface area contributed by atoms with Crippen LogP contribution < -0.4 is 9.64 Å². The Kier molecular flexibility index (Phi) is 8.98. The zero-order valence-electron chi connectivity index (χ0n) is 20.0. The SMILES string of the molecule is CCC(=O)N1CCCN(C)CCCN(C(=O)CCc2cc(OC)no2)Cc2cc(F)c(F)cc21. The summed E-state index contributed by atoms with van der Waals surface area (Å²) in [5.74, 6) is -1.50. The molecule has 0 saturated heterocycles. The van der Waals surface area contributed by atoms with Gasteiger partial charge < -0.3 is 24.0 Å². The van der Waals surface area contributed by atoms with Gasteiger partial charge in [0.15, 0.2) is 11.6 Å². The number of rotatable bonds is 5. The van der Waals surface area contributed by atoms with Crippen LogP contribution in [0.25, 0.3) is 0 Å². The molecule has 0 spiro atoms. The summed E-state index contributed by atoms with van der Waals surface area (Å²) in [5, 5.41) is 3.74. The molecule has 1 aromatic carbocycles. The topological polar surface area (TPSA) is 79.1 Å². The number of hydrogen-bond donors (Lipinski definition) is 0. The van der Waals surface area contributed by atoms with Crippen LogP contribution in [-0.4, -0.2) is 67.1 Å². The normalized spacial score (nSPS) is 15.9. The Morgan fingerprint density at radius 1 is 1.06 bits per heavy atom. The third-order valence-electron chi connectivity index (χ3n) is 5.95. The summed E-state index contributed by atoms with van der Waals surface area (Å²) in [5.41, 5.74) is 0.719. The van der Waals surface area contributed by atoms with Gasteiger partial charge in [0.05, 0.1) is 12.8 Å². The molecule has 1 aliphatic rings. The van der Waals surface area contributed by atoms with Crippen LogP contribution in [-0.2, 0) is 22.6 Å². The van der Waals surface area contributed by atoms with Crippen molar-refractivity contribution in [2.24, 2.45) is 0 Å². The molecule has 0 N–H and O–H groups in total. The minimum absolute atomic E-state index is 0.0717. The van der Waals surface area contributed by atoms with Crippen LogP contribution in [0.5, 0.6) is 5.88 Å². The molecule has 10 heteroatoms. The number of amides is 2. The first-order valence-electron chi connectivity index (χ1n) is 11.6. The standard InChI is InChI=1S/C24H32F2N4O4/c1-4-23(31)30-12-6-10-28(2)9-5-11-29(16-17-13-19(25)20(26)15-21(17)30)24(32)8-7-18-14-22(33-3)27-34-18/h13-15H,4-12,16H2,1-3H3. The molecule has 1 aliphatic heterocycles. The van der Waals surface area contributed by atoms with Crippen molar-refractivity contribution in [3.05, 3.63) is 41.2 Å². The third kappa shape index (κ3) is 6.53. The molecule has 2 amide bonds. The molecule has 2 aromatic rings. The molecule has 0 aliphatic carbocycles. The van der Waals surface area contributed by atoms with Gasteiger partial charge in [0, 0.05) is 51.0 Å². The number of carbonyl (C=O) groups excluding carboxylic acids is 2. The maximum atomic E-state index is 14.2. The molecular weight excluding hydrogens is 446 g/mol. The summed E-state index contributed by atoms with van der Waals surface area (Å²) in [6, 6.07) is 3.79. The van der Waals surface area contributed by atoms with Gasteiger partial charge in [-0.05, 0) is 49.8 Å². The number of nitrogens with zero attached hydrogens (tertiary/aromatic N) is 4. The molecule has 3 rings (SSSR count). The highest BCUT2D eigenvalue weighted by atomic mass is 19.2. The first-order valence-corrected chi connectivity index (χ1v) is 11.6. The Morgan fingerprint density at radius 2 is 1.76 bits per heavy atom. The lowest BCUT2D eigenvalue weighted by atomic mass is 10.1. The molecule has 0 unspecified atom stereocenters. The van der Waals surface area contributed by atoms with Crippen molar-refractivity contribution in [1.29, 1.82) is 0 Å². The second-order valence-electron chi connectivity index (χ2n) is 8.46. The van der Waals surface area contributed by atoms with Gasteiger partial charge >= 0.3 is 0 Å². The van der Waals surface area contributed by atoms with E-state index < -0.39 is 11.6 Å². The first kappa shape index (κ1) is 25.6. The summed E-state index contributed by atoms with van der Waals surface area (Å²) in [6.07, 6.45) is 2.15. The smallest absolute Gasteiger partial charge is 0.254 e. The Hall–Kier alpha value is -3.01. The van der Waals surface area contributed by atoms with E-state index in [1.165, 1.54) is 12.0 Å². The van der Waals surface area contributed by atoms with Crippen molar-refractivity contribution in [1.82, 2.24) is 15.0 Å². The van der Waals surface area contributed by atoms with Gasteiger partial charge in [-0.15, -0.1) is 0 Å². The van der Waals surface area contributed by atoms with Gasteiger partial charge in [-0.1, -0.05) is 6.92 Å². The number of aromatic nitrogens is 1. The largest absolute Gasteiger partial charge is 0.479 e. The molecule has 8 nitrogen and oxygen atoms in total. The van der Waals surface area contributed by atoms with Crippen molar-refractivity contribution in [2.45, 2.75) is 45.6 Å². The van der Waals surface area contributed by atoms with E-state index in [0.717, 1.165) is 31.6 Å². The lowest BCUT2D eigenvalue weighted by molar-refractivity contribution is -0.132. The molecule has 0 bridgehead atoms. The first-order chi connectivity index (χ1) is 16.3. The van der Waals surface area contributed by atoms with E-state index in [0.29, 0.717) is 48.8 Å². The summed E-state index contributed by atoms with van der Waals surface area (Å²) >= 11 is 0. The summed E-state index contributed by atoms with van der Waals surface area (Å²) in [4.78, 5) is 31.2. The molecule has 0 radical (unpaired) electrons. The number of ether oxygens (including phenoxy) is 1. The summed E-state index contributed by atoms with van der Waals surface area (Å²) in [7, 11) is 3.47. The monoisotopic (exact) mass is 478 g/mol. The van der Waals surface area contributed by atoms with Gasteiger partial charge in [0.1, 0.15) is 5.76 Å². The van der Waals surface area contributed by atoms with Crippen LogP contribution in [0.15, 0.2) is 22.7 Å². The molecule has 186 valence electrons. The average Bonchev–Trinajstić information content (AvgIpc) is 3.29. The molecule has 0 saturated carbocycles. The minimum Gasteiger partial charge on any atom is -0.479 e. The Balaban J connectivity index is 1.89. The van der Waals surface area contributed by atoms with E-state index in [-0.39, 0.29) is 31.2 Å². The van der Waals surface area contributed by atoms with Crippen LogP contribution in [0.2, 0.25) is 0 Å². The molecule has 0 fully saturated rings. The van der Waals surface area contributed by atoms with Crippen LogP contribution in [0, 0.1) is 11.6 Å². The number of benzene rings is 1. The number of aryl methyl sites for hydroxylation is 1. The lowest BCUT2D eigenvalue weighted by Crippen LogP contribution is -2.38. The van der Waals surface area contributed by atoms with Gasteiger partial charge in [-0.25, -0.2) is 8.78 Å². The van der Waals surface area contributed by atoms with E-state index in [1.54, 1.807) is 17.9 Å². The second-order valence-corrected chi connectivity index (χ2v) is 8.46. The van der Waals surface area contributed by atoms with Gasteiger partial charge in [0.25, 0.3) is 5.88 Å². The lowest BCUT2D eigenvalue weighted by Gasteiger charge is -2.31. The number of fused-ring (bicyclic) bond motifs is 1. The highest BCUT2D eigenvalue weighted by molar-refractivity contribution is 5.94. The van der Waals surface area contributed by atoms with E-state index in [2.05, 4.69) is 10.1 Å². The number of hydrogen-bond acceptors (Lipinski definition) is 6. The zero-order valence-corrected chi connectivity index (χ0v) is 20.0. The van der Waals surface area contributed by atoms with Crippen molar-refractivity contribution in [3.63, 3.8) is 0 Å². The van der Waals surface area contributed by atoms with Crippen LogP contribution in [0.1, 0.15) is 43.9 Å². The molecule has 2 heterocycles. The van der Waals surface area contributed by atoms with Gasteiger partial charge in [-0.3, -0.25) is 9.59 Å². The van der Waals surface area contributed by atoms with E-state index in [1.807, 2.05) is 7.05 Å². The number of halogens is 2. The van der Waals surface area contributed by atoms with Crippen molar-refractivity contribution in [2.75, 3.05) is 45.2 Å². The van der Waals surface area contributed by atoms with Crippen molar-refractivity contribution in [3.8, 4) is 5.88 Å². The maximum absolute atomic E-state index is 14.2. The maximum Gasteiger partial charge on any atom is 0.254 e. The van der Waals surface area contributed by atoms with E-state index in [4.69, 9.17) is 9.26 Å². The molecular formula is C24H32F2N4O4. The summed E-state index contributed by atoms with van der Waals surface area (Å²) in [6.45, 7) is 4.16. The van der Waals surface area contributed by atoms with Gasteiger partial charge in [-0.2, -0.15) is 0 Å². The molecule has 34 heavy (non-hydrogen) atoms. The Labute approximate surface area is 198 Å². The fourth-order valence-electron chi connectivity index (χ4n) is 4.06. The van der Waals surface area contributed by atoms with Gasteiger partial charge in [0.2, 0.25) is 11.8 Å². The molecule has 1 aromatic heterocycles. The van der Waals surface area contributed by atoms with Crippen LogP contribution in [0.3, 0.4) is 0 Å². The molecule has 0 atom stereocenters. The average molecular weight is 479 g/mol. The van der Waals surface area contributed by atoms with Crippen molar-refractivity contribution >= 4 is 17.5 Å². The minimum atomic E-state index is -1.02. The fourth-order valence-corrected chi connectivity index (χ4v) is 4.06. The third-order valence-corrected chi connectivity index (χ3v) is 5.95. The van der Waals surface area contributed by atoms with Crippen molar-refractivity contribution < 1.29 is 27.6 Å². The summed E-state index contributed by atoms with van der Waals surface area (Å²) < 4.78 is 38.7. The predicted octanol–water partition coefficient (Wildman–Crippen LogP) is 3.39. The Bertz CT molecular complexity index is 997. The highest BCUT2D eigenvalue weighted by Gasteiger charge is 2.24. The van der Waals surface area contributed by atoms with E-state index >= 15 is 0 Å². The Morgan fingerprint density at radius 3 is 2.44 bits per heavy atom. The quantitative estimate of drug-likeness (QED) is 0.656. The number of anilines is 1. The zero-order chi connectivity index (χ0) is 24.7. The predicted molar refractivity (Wildman–Crippen MR) is 123 cm³/mol. The van der Waals surface area contributed by atoms with Crippen LogP contribution >= 0.6 is 0 Å². The van der Waals surface area contributed by atoms with Crippen LogP contribution in [0.4, 0.5) is 14.5 Å². The second kappa shape index (κ2) is 11.9. The number of methoxy groups -OCH3 is 1. The number of carbonyl (C=O) groups is 2. The fraction of sp³-hybridized carbons (Fsp3) is 0.542. The van der Waals surface area contributed by atoms with E-state index in [9.17, 15) is 18.4 Å².